The number of carbonyl (C=O) groups excluding carboxylic acids is 1. The summed E-state index contributed by atoms with van der Waals surface area (Å²) in [6.45, 7) is 1.84. The minimum atomic E-state index is -0.236. The lowest BCUT2D eigenvalue weighted by atomic mass is 9.98. The van der Waals surface area contributed by atoms with Crippen LogP contribution < -0.4 is 5.32 Å². The average Bonchev–Trinajstić information content (AvgIpc) is 3.35. The first-order valence-corrected chi connectivity index (χ1v) is 10.8. The van der Waals surface area contributed by atoms with E-state index in [0.29, 0.717) is 19.5 Å². The number of hydrogen-bond acceptors (Lipinski definition) is 4. The highest BCUT2D eigenvalue weighted by atomic mass is 32.1. The maximum absolute atomic E-state index is 13.0. The summed E-state index contributed by atoms with van der Waals surface area (Å²) in [4.78, 5) is 17.5. The van der Waals surface area contributed by atoms with Gasteiger partial charge in [-0.05, 0) is 59.0 Å². The molecule has 1 aromatic carbocycles. The van der Waals surface area contributed by atoms with Crippen molar-refractivity contribution >= 4 is 28.6 Å². The van der Waals surface area contributed by atoms with Gasteiger partial charge in [-0.1, -0.05) is 18.2 Å². The lowest BCUT2D eigenvalue weighted by Gasteiger charge is -2.34. The van der Waals surface area contributed by atoms with E-state index in [1.165, 1.54) is 27.5 Å². The number of halogens is 1. The standard InChI is InChI=1S/C21H21FN2OS2/c22-16-5-3-15(4-6-16)7-10-23-20(25)14-24-11-8-18-17(9-13-27-18)21(24)19-2-1-12-26-19/h1-6,9,12-13,21H,7-8,10-11,14H2,(H,23,25)/t21-/m0/s1. The summed E-state index contributed by atoms with van der Waals surface area (Å²) in [5.41, 5.74) is 2.36. The Morgan fingerprint density at radius 1 is 1.15 bits per heavy atom. The molecule has 0 unspecified atom stereocenters. The van der Waals surface area contributed by atoms with Crippen molar-refractivity contribution in [1.29, 1.82) is 0 Å². The number of rotatable bonds is 6. The van der Waals surface area contributed by atoms with Gasteiger partial charge in [-0.25, -0.2) is 4.39 Å². The molecule has 4 rings (SSSR count). The fraction of sp³-hybridized carbons (Fsp3) is 0.286. The van der Waals surface area contributed by atoms with E-state index < -0.39 is 0 Å². The Morgan fingerprint density at radius 2 is 2.00 bits per heavy atom. The van der Waals surface area contributed by atoms with Gasteiger partial charge in [0.1, 0.15) is 5.82 Å². The van der Waals surface area contributed by atoms with Gasteiger partial charge in [0.15, 0.2) is 0 Å². The van der Waals surface area contributed by atoms with Crippen molar-refractivity contribution in [2.24, 2.45) is 0 Å². The molecule has 1 atom stereocenters. The van der Waals surface area contributed by atoms with Crippen LogP contribution in [0, 0.1) is 5.82 Å². The van der Waals surface area contributed by atoms with Crippen molar-refractivity contribution in [1.82, 2.24) is 10.2 Å². The number of hydrogen-bond donors (Lipinski definition) is 1. The van der Waals surface area contributed by atoms with Crippen molar-refractivity contribution in [3.63, 3.8) is 0 Å². The molecule has 0 fully saturated rings. The van der Waals surface area contributed by atoms with Crippen molar-refractivity contribution in [3.05, 3.63) is 79.9 Å². The molecule has 1 aliphatic heterocycles. The van der Waals surface area contributed by atoms with Crippen molar-refractivity contribution < 1.29 is 9.18 Å². The third kappa shape index (κ3) is 4.29. The van der Waals surface area contributed by atoms with Gasteiger partial charge in [0.25, 0.3) is 0 Å². The van der Waals surface area contributed by atoms with Gasteiger partial charge in [0, 0.05) is 22.8 Å². The van der Waals surface area contributed by atoms with E-state index in [1.807, 2.05) is 11.3 Å². The first-order chi connectivity index (χ1) is 13.2. The molecule has 2 aromatic heterocycles. The molecular formula is C21H21FN2OS2. The van der Waals surface area contributed by atoms with Crippen LogP contribution in [-0.2, 0) is 17.6 Å². The molecule has 0 bridgehead atoms. The second kappa shape index (κ2) is 8.33. The predicted molar refractivity (Wildman–Crippen MR) is 109 cm³/mol. The van der Waals surface area contributed by atoms with Crippen molar-refractivity contribution in [3.8, 4) is 0 Å². The summed E-state index contributed by atoms with van der Waals surface area (Å²) in [7, 11) is 0. The first-order valence-electron chi connectivity index (χ1n) is 9.05. The Labute approximate surface area is 166 Å². The molecule has 0 saturated carbocycles. The molecule has 6 heteroatoms. The number of nitrogens with one attached hydrogen (secondary N) is 1. The van der Waals surface area contributed by atoms with Crippen molar-refractivity contribution in [2.45, 2.75) is 18.9 Å². The smallest absolute Gasteiger partial charge is 0.234 e. The van der Waals surface area contributed by atoms with Crippen LogP contribution in [0.2, 0.25) is 0 Å². The molecule has 1 amide bonds. The molecule has 3 nitrogen and oxygen atoms in total. The Hall–Kier alpha value is -2.02. The SMILES string of the molecule is O=C(CN1CCc2sccc2[C@H]1c1cccs1)NCCc1ccc(F)cc1. The molecule has 27 heavy (non-hydrogen) atoms. The van der Waals surface area contributed by atoms with Gasteiger partial charge >= 0.3 is 0 Å². The van der Waals surface area contributed by atoms with E-state index in [2.05, 4.69) is 39.2 Å². The zero-order chi connectivity index (χ0) is 18.6. The molecule has 0 aliphatic carbocycles. The van der Waals surface area contributed by atoms with Crippen LogP contribution in [-0.4, -0.2) is 30.4 Å². The Balaban J connectivity index is 1.37. The summed E-state index contributed by atoms with van der Waals surface area (Å²) in [5.74, 6) is -0.197. The van der Waals surface area contributed by atoms with Gasteiger partial charge < -0.3 is 5.32 Å². The topological polar surface area (TPSA) is 32.3 Å². The Kier molecular flexibility index (Phi) is 5.66. The van der Waals surface area contributed by atoms with Crippen LogP contribution in [0.15, 0.2) is 53.2 Å². The summed E-state index contributed by atoms with van der Waals surface area (Å²) < 4.78 is 13.0. The second-order valence-electron chi connectivity index (χ2n) is 6.66. The normalized spacial score (nSPS) is 16.9. The second-order valence-corrected chi connectivity index (χ2v) is 8.64. The van der Waals surface area contributed by atoms with E-state index in [9.17, 15) is 9.18 Å². The van der Waals surface area contributed by atoms with Crippen LogP contribution in [0.5, 0.6) is 0 Å². The average molecular weight is 401 g/mol. The van der Waals surface area contributed by atoms with Gasteiger partial charge in [0.2, 0.25) is 5.91 Å². The Bertz CT molecular complexity index is 889. The zero-order valence-electron chi connectivity index (χ0n) is 14.9. The van der Waals surface area contributed by atoms with Crippen LogP contribution in [0.1, 0.15) is 26.9 Å². The molecule has 140 valence electrons. The van der Waals surface area contributed by atoms with E-state index in [1.54, 1.807) is 23.5 Å². The van der Waals surface area contributed by atoms with Gasteiger partial charge in [-0.3, -0.25) is 9.69 Å². The number of thiophene rings is 2. The number of benzene rings is 1. The number of nitrogens with zero attached hydrogens (tertiary/aromatic N) is 1. The van der Waals surface area contributed by atoms with E-state index in [4.69, 9.17) is 0 Å². The fourth-order valence-electron chi connectivity index (χ4n) is 3.56. The van der Waals surface area contributed by atoms with E-state index >= 15 is 0 Å². The number of fused-ring (bicyclic) bond motifs is 1. The van der Waals surface area contributed by atoms with Gasteiger partial charge in [-0.15, -0.1) is 22.7 Å². The maximum Gasteiger partial charge on any atom is 0.234 e. The highest BCUT2D eigenvalue weighted by Crippen LogP contribution is 2.39. The van der Waals surface area contributed by atoms with Crippen LogP contribution in [0.3, 0.4) is 0 Å². The molecule has 3 heterocycles. The molecule has 3 aromatic rings. The van der Waals surface area contributed by atoms with E-state index in [-0.39, 0.29) is 17.8 Å². The predicted octanol–water partition coefficient (Wildman–Crippen LogP) is 4.26. The van der Waals surface area contributed by atoms with Gasteiger partial charge in [0.05, 0.1) is 12.6 Å². The van der Waals surface area contributed by atoms with Crippen LogP contribution in [0.25, 0.3) is 0 Å². The molecule has 1 N–H and O–H groups in total. The molecular weight excluding hydrogens is 379 g/mol. The monoisotopic (exact) mass is 400 g/mol. The minimum Gasteiger partial charge on any atom is -0.355 e. The quantitative estimate of drug-likeness (QED) is 0.671. The lowest BCUT2D eigenvalue weighted by molar-refractivity contribution is -0.122. The summed E-state index contributed by atoms with van der Waals surface area (Å²) >= 11 is 3.55. The molecule has 0 radical (unpaired) electrons. The molecule has 0 saturated heterocycles. The summed E-state index contributed by atoms with van der Waals surface area (Å²) in [6.07, 6.45) is 1.70. The highest BCUT2D eigenvalue weighted by Gasteiger charge is 2.31. The van der Waals surface area contributed by atoms with Crippen LogP contribution >= 0.6 is 22.7 Å². The largest absolute Gasteiger partial charge is 0.355 e. The van der Waals surface area contributed by atoms with Crippen LogP contribution in [0.4, 0.5) is 4.39 Å². The molecule has 0 spiro atoms. The van der Waals surface area contributed by atoms with E-state index in [0.717, 1.165) is 18.5 Å². The maximum atomic E-state index is 13.0. The zero-order valence-corrected chi connectivity index (χ0v) is 16.5. The molecule has 1 aliphatic rings. The number of carbonyl (C=O) groups is 1. The minimum absolute atomic E-state index is 0.0392. The first kappa shape index (κ1) is 18.3. The van der Waals surface area contributed by atoms with Gasteiger partial charge in [-0.2, -0.15) is 0 Å². The third-order valence-corrected chi connectivity index (χ3v) is 6.80. The third-order valence-electron chi connectivity index (χ3n) is 4.87. The lowest BCUT2D eigenvalue weighted by Crippen LogP contribution is -2.42. The fourth-order valence-corrected chi connectivity index (χ4v) is 5.34. The number of amides is 1. The Morgan fingerprint density at radius 3 is 2.78 bits per heavy atom. The highest BCUT2D eigenvalue weighted by molar-refractivity contribution is 7.10. The summed E-state index contributed by atoms with van der Waals surface area (Å²) in [5, 5.41) is 7.25. The van der Waals surface area contributed by atoms with Crippen molar-refractivity contribution in [2.75, 3.05) is 19.6 Å². The summed E-state index contributed by atoms with van der Waals surface area (Å²) in [6, 6.07) is 13.0.